The molecule has 0 aliphatic carbocycles. The van der Waals surface area contributed by atoms with E-state index in [2.05, 4.69) is 83.1 Å². The number of aromatic hydroxyl groups is 2. The standard InChI is InChI=1S/C41H54O6/c1-38(2,3)29-19-24(20-30(35(29)44)39(4,5)6)18-28-34(43)27-15-14-26(46-17-13-16-42)23-33(27)47-37(28)25-21-31(40(7,8)9)36(45)32(22-25)41(10,11)12/h14-15,18-23,37,42,44-45H,13,16-17H2,1-12H3/b28-18-. The lowest BCUT2D eigenvalue weighted by Gasteiger charge is -2.33. The highest BCUT2D eigenvalue weighted by Crippen LogP contribution is 2.47. The third kappa shape index (κ3) is 7.70. The molecule has 0 bridgehead atoms. The number of carbonyl (C=O) groups is 1. The summed E-state index contributed by atoms with van der Waals surface area (Å²) in [4.78, 5) is 14.5. The van der Waals surface area contributed by atoms with Crippen LogP contribution < -0.4 is 9.47 Å². The molecule has 4 rings (SSSR count). The smallest absolute Gasteiger partial charge is 0.196 e. The Labute approximate surface area is 281 Å². The number of phenols is 2. The number of ether oxygens (including phenoxy) is 2. The highest BCUT2D eigenvalue weighted by molar-refractivity contribution is 6.14. The van der Waals surface area contributed by atoms with Crippen molar-refractivity contribution >= 4 is 11.9 Å². The first-order valence-electron chi connectivity index (χ1n) is 16.6. The third-order valence-electron chi connectivity index (χ3n) is 8.68. The lowest BCUT2D eigenvalue weighted by atomic mass is 9.76. The van der Waals surface area contributed by atoms with Crippen molar-refractivity contribution in [3.05, 3.63) is 87.0 Å². The molecular weight excluding hydrogens is 588 g/mol. The number of rotatable bonds is 6. The van der Waals surface area contributed by atoms with Crippen LogP contribution in [0.2, 0.25) is 0 Å². The van der Waals surface area contributed by atoms with Gasteiger partial charge in [0.05, 0.1) is 12.2 Å². The first-order valence-corrected chi connectivity index (χ1v) is 16.6. The number of Topliss-reactive ketones (excluding diaryl/α,β-unsaturated/α-hetero) is 1. The maximum absolute atomic E-state index is 14.5. The molecule has 3 aromatic carbocycles. The zero-order chi connectivity index (χ0) is 35.3. The predicted molar refractivity (Wildman–Crippen MR) is 190 cm³/mol. The fourth-order valence-corrected chi connectivity index (χ4v) is 6.00. The lowest BCUT2D eigenvalue weighted by Crippen LogP contribution is -2.26. The lowest BCUT2D eigenvalue weighted by molar-refractivity contribution is 0.0963. The molecule has 0 spiro atoms. The molecule has 1 atom stereocenters. The van der Waals surface area contributed by atoms with Gasteiger partial charge >= 0.3 is 0 Å². The summed E-state index contributed by atoms with van der Waals surface area (Å²) < 4.78 is 12.6. The molecule has 47 heavy (non-hydrogen) atoms. The summed E-state index contributed by atoms with van der Waals surface area (Å²) in [5.74, 6) is 1.33. The number of hydrogen-bond acceptors (Lipinski definition) is 6. The van der Waals surface area contributed by atoms with Crippen LogP contribution in [0.5, 0.6) is 23.0 Å². The minimum atomic E-state index is -0.782. The predicted octanol–water partition coefficient (Wildman–Crippen LogP) is 9.45. The van der Waals surface area contributed by atoms with Gasteiger partial charge in [-0.2, -0.15) is 0 Å². The molecule has 1 heterocycles. The van der Waals surface area contributed by atoms with Crippen molar-refractivity contribution < 1.29 is 29.6 Å². The second-order valence-corrected chi connectivity index (χ2v) is 16.9. The second kappa shape index (κ2) is 12.7. The second-order valence-electron chi connectivity index (χ2n) is 16.9. The van der Waals surface area contributed by atoms with Gasteiger partial charge in [-0.05, 0) is 86.4 Å². The van der Waals surface area contributed by atoms with E-state index in [9.17, 15) is 20.1 Å². The zero-order valence-electron chi connectivity index (χ0n) is 30.4. The Morgan fingerprint density at radius 2 is 1.19 bits per heavy atom. The molecule has 0 saturated carbocycles. The van der Waals surface area contributed by atoms with Gasteiger partial charge in [0, 0.05) is 35.8 Å². The van der Waals surface area contributed by atoms with Gasteiger partial charge in [-0.1, -0.05) is 83.1 Å². The molecule has 0 fully saturated rings. The van der Waals surface area contributed by atoms with E-state index < -0.39 is 6.10 Å². The van der Waals surface area contributed by atoms with Crippen molar-refractivity contribution in [1.82, 2.24) is 0 Å². The number of hydrogen-bond donors (Lipinski definition) is 3. The first-order chi connectivity index (χ1) is 21.5. The van der Waals surface area contributed by atoms with E-state index in [4.69, 9.17) is 9.47 Å². The molecule has 1 unspecified atom stereocenters. The fourth-order valence-electron chi connectivity index (χ4n) is 6.00. The van der Waals surface area contributed by atoms with E-state index in [1.165, 1.54) is 0 Å². The highest BCUT2D eigenvalue weighted by atomic mass is 16.5. The van der Waals surface area contributed by atoms with Gasteiger partial charge in [0.25, 0.3) is 0 Å². The molecule has 6 nitrogen and oxygen atoms in total. The van der Waals surface area contributed by atoms with Gasteiger partial charge in [0.1, 0.15) is 23.0 Å². The Kier molecular flexibility index (Phi) is 9.74. The van der Waals surface area contributed by atoms with Crippen LogP contribution in [0.1, 0.15) is 139 Å². The molecule has 3 N–H and O–H groups in total. The van der Waals surface area contributed by atoms with Crippen molar-refractivity contribution in [2.24, 2.45) is 0 Å². The molecule has 0 aromatic heterocycles. The largest absolute Gasteiger partial charge is 0.507 e. The number of aliphatic hydroxyl groups is 1. The van der Waals surface area contributed by atoms with E-state index in [1.807, 2.05) is 30.3 Å². The first kappa shape index (κ1) is 36.1. The van der Waals surface area contributed by atoms with E-state index in [1.54, 1.807) is 18.2 Å². The number of ketones is 1. The number of carbonyl (C=O) groups excluding carboxylic acids is 1. The van der Waals surface area contributed by atoms with Crippen molar-refractivity contribution in [3.63, 3.8) is 0 Å². The van der Waals surface area contributed by atoms with Crippen LogP contribution in [0, 0.1) is 0 Å². The Balaban J connectivity index is 2.03. The van der Waals surface area contributed by atoms with Crippen LogP contribution in [0.15, 0.2) is 48.0 Å². The molecule has 0 saturated heterocycles. The minimum Gasteiger partial charge on any atom is -0.507 e. The van der Waals surface area contributed by atoms with Crippen LogP contribution in [0.3, 0.4) is 0 Å². The Morgan fingerprint density at radius 1 is 0.723 bits per heavy atom. The maximum atomic E-state index is 14.5. The molecule has 1 aliphatic heterocycles. The Bertz CT molecular complexity index is 1610. The number of benzene rings is 3. The average molecular weight is 643 g/mol. The Morgan fingerprint density at radius 3 is 1.64 bits per heavy atom. The molecule has 3 aromatic rings. The van der Waals surface area contributed by atoms with Gasteiger partial charge in [-0.15, -0.1) is 0 Å². The van der Waals surface area contributed by atoms with E-state index >= 15 is 0 Å². The van der Waals surface area contributed by atoms with Crippen molar-refractivity contribution in [1.29, 1.82) is 0 Å². The number of phenolic OH excluding ortho intramolecular Hbond substituents is 2. The molecule has 6 heteroatoms. The van der Waals surface area contributed by atoms with Crippen LogP contribution in [0.25, 0.3) is 6.08 Å². The average Bonchev–Trinajstić information content (AvgIpc) is 2.93. The molecule has 0 radical (unpaired) electrons. The quantitative estimate of drug-likeness (QED) is 0.183. The fraction of sp³-hybridized carbons (Fsp3) is 0.488. The third-order valence-corrected chi connectivity index (χ3v) is 8.68. The van der Waals surface area contributed by atoms with E-state index in [-0.39, 0.29) is 45.5 Å². The van der Waals surface area contributed by atoms with Crippen molar-refractivity contribution in [2.45, 2.75) is 117 Å². The van der Waals surface area contributed by atoms with Crippen LogP contribution >= 0.6 is 0 Å². The van der Waals surface area contributed by atoms with Crippen LogP contribution in [-0.4, -0.2) is 34.3 Å². The van der Waals surface area contributed by atoms with Gasteiger partial charge < -0.3 is 24.8 Å². The summed E-state index contributed by atoms with van der Waals surface area (Å²) in [5, 5.41) is 32.1. The molecule has 254 valence electrons. The Hall–Kier alpha value is -3.77. The van der Waals surface area contributed by atoms with Crippen molar-refractivity contribution in [2.75, 3.05) is 13.2 Å². The summed E-state index contributed by atoms with van der Waals surface area (Å²) in [6.45, 7) is 25.1. The molecule has 0 amide bonds. The van der Waals surface area contributed by atoms with Gasteiger partial charge in [0.2, 0.25) is 0 Å². The number of fused-ring (bicyclic) bond motifs is 1. The molecular formula is C41H54O6. The SMILES string of the molecule is CC(C)(C)c1cc(/C=C2/C(=O)c3ccc(OCCCO)cc3OC2c2cc(C(C)(C)C)c(O)c(C(C)(C)C)c2)cc(C(C)(C)C)c1O. The topological polar surface area (TPSA) is 96.2 Å². The monoisotopic (exact) mass is 642 g/mol. The van der Waals surface area contributed by atoms with Crippen molar-refractivity contribution in [3.8, 4) is 23.0 Å². The zero-order valence-corrected chi connectivity index (χ0v) is 30.4. The summed E-state index contributed by atoms with van der Waals surface area (Å²) in [5.41, 5.74) is 4.16. The number of aliphatic hydroxyl groups excluding tert-OH is 1. The van der Waals surface area contributed by atoms with E-state index in [0.717, 1.165) is 33.4 Å². The summed E-state index contributed by atoms with van der Waals surface area (Å²) in [6, 6.07) is 13.1. The van der Waals surface area contributed by atoms with Crippen LogP contribution in [0.4, 0.5) is 0 Å². The van der Waals surface area contributed by atoms with Crippen LogP contribution in [-0.2, 0) is 21.7 Å². The van der Waals surface area contributed by atoms with Gasteiger partial charge in [0.15, 0.2) is 11.9 Å². The summed E-state index contributed by atoms with van der Waals surface area (Å²) in [7, 11) is 0. The van der Waals surface area contributed by atoms with Gasteiger partial charge in [-0.3, -0.25) is 4.79 Å². The summed E-state index contributed by atoms with van der Waals surface area (Å²) >= 11 is 0. The normalized spacial score (nSPS) is 16.7. The van der Waals surface area contributed by atoms with E-state index in [0.29, 0.717) is 35.7 Å². The minimum absolute atomic E-state index is 0.0222. The highest BCUT2D eigenvalue weighted by Gasteiger charge is 2.37. The summed E-state index contributed by atoms with van der Waals surface area (Å²) in [6.07, 6.45) is 1.60. The van der Waals surface area contributed by atoms with Gasteiger partial charge in [-0.25, -0.2) is 0 Å². The molecule has 1 aliphatic rings. The maximum Gasteiger partial charge on any atom is 0.196 e.